The highest BCUT2D eigenvalue weighted by atomic mass is 19.1. The predicted molar refractivity (Wildman–Crippen MR) is 76.9 cm³/mol. The van der Waals surface area contributed by atoms with E-state index >= 15 is 0 Å². The molecule has 0 aliphatic carbocycles. The number of para-hydroxylation sites is 1. The molecular weight excluding hydrogens is 253 g/mol. The fourth-order valence-corrected chi connectivity index (χ4v) is 2.43. The fourth-order valence-electron chi connectivity index (χ4n) is 2.43. The van der Waals surface area contributed by atoms with Crippen LogP contribution in [-0.2, 0) is 0 Å². The van der Waals surface area contributed by atoms with Crippen molar-refractivity contribution in [1.82, 2.24) is 4.98 Å². The van der Waals surface area contributed by atoms with Crippen molar-refractivity contribution in [1.29, 1.82) is 0 Å². The number of rotatable bonds is 2. The van der Waals surface area contributed by atoms with Crippen LogP contribution in [0.4, 0.5) is 4.39 Å². The Hall–Kier alpha value is -2.26. The van der Waals surface area contributed by atoms with E-state index in [1.165, 1.54) is 6.07 Å². The van der Waals surface area contributed by atoms with Crippen molar-refractivity contribution in [2.75, 3.05) is 0 Å². The molecule has 0 aliphatic rings. The first-order valence-electron chi connectivity index (χ1n) is 6.45. The van der Waals surface area contributed by atoms with Crippen LogP contribution >= 0.6 is 0 Å². The Labute approximate surface area is 116 Å². The molecule has 0 saturated heterocycles. The Balaban J connectivity index is 2.21. The smallest absolute Gasteiger partial charge is 0.129 e. The van der Waals surface area contributed by atoms with Crippen molar-refractivity contribution in [2.45, 2.75) is 13.0 Å². The largest absolute Gasteiger partial charge is 0.384 e. The van der Waals surface area contributed by atoms with Gasteiger partial charge >= 0.3 is 0 Å². The van der Waals surface area contributed by atoms with E-state index in [1.807, 2.05) is 31.2 Å². The van der Waals surface area contributed by atoms with Crippen molar-refractivity contribution in [2.24, 2.45) is 0 Å². The first-order valence-corrected chi connectivity index (χ1v) is 6.45. The molecule has 0 amide bonds. The van der Waals surface area contributed by atoms with Crippen LogP contribution in [0, 0.1) is 12.7 Å². The van der Waals surface area contributed by atoms with Crippen molar-refractivity contribution in [3.63, 3.8) is 0 Å². The van der Waals surface area contributed by atoms with E-state index in [0.717, 1.165) is 16.6 Å². The predicted octanol–water partition coefficient (Wildman–Crippen LogP) is 3.76. The van der Waals surface area contributed by atoms with Crippen molar-refractivity contribution in [3.05, 3.63) is 77.2 Å². The summed E-state index contributed by atoms with van der Waals surface area (Å²) in [6.07, 6.45) is -0.997. The maximum atomic E-state index is 13.9. The summed E-state index contributed by atoms with van der Waals surface area (Å²) in [5.41, 5.74) is 2.56. The maximum Gasteiger partial charge on any atom is 0.129 e. The Morgan fingerprint density at radius 3 is 2.50 bits per heavy atom. The molecule has 0 radical (unpaired) electrons. The molecular formula is C17H14FNO. The summed E-state index contributed by atoms with van der Waals surface area (Å²) in [5, 5.41) is 11.4. The minimum Gasteiger partial charge on any atom is -0.384 e. The Morgan fingerprint density at radius 2 is 1.70 bits per heavy atom. The number of hydrogen-bond donors (Lipinski definition) is 1. The minimum absolute atomic E-state index is 0.281. The summed E-state index contributed by atoms with van der Waals surface area (Å²) < 4.78 is 13.9. The van der Waals surface area contributed by atoms with E-state index < -0.39 is 11.9 Å². The van der Waals surface area contributed by atoms with Crippen LogP contribution in [0.1, 0.15) is 22.9 Å². The highest BCUT2D eigenvalue weighted by Crippen LogP contribution is 2.30. The zero-order valence-electron chi connectivity index (χ0n) is 11.0. The van der Waals surface area contributed by atoms with Crippen molar-refractivity contribution >= 4 is 10.9 Å². The van der Waals surface area contributed by atoms with E-state index in [0.29, 0.717) is 5.56 Å². The lowest BCUT2D eigenvalue weighted by Gasteiger charge is -2.15. The van der Waals surface area contributed by atoms with Crippen LogP contribution in [0.3, 0.4) is 0 Å². The van der Waals surface area contributed by atoms with Gasteiger partial charge in [0.25, 0.3) is 0 Å². The number of aliphatic hydroxyl groups excluding tert-OH is 1. The summed E-state index contributed by atoms with van der Waals surface area (Å²) in [6, 6.07) is 15.7. The number of fused-ring (bicyclic) bond motifs is 1. The van der Waals surface area contributed by atoms with E-state index in [-0.39, 0.29) is 5.56 Å². The first kappa shape index (κ1) is 12.8. The first-order chi connectivity index (χ1) is 9.66. The molecule has 1 N–H and O–H groups in total. The van der Waals surface area contributed by atoms with Gasteiger partial charge in [-0.2, -0.15) is 0 Å². The minimum atomic E-state index is -0.997. The Morgan fingerprint density at radius 1 is 1.00 bits per heavy atom. The summed E-state index contributed by atoms with van der Waals surface area (Å²) in [4.78, 5) is 4.43. The average molecular weight is 267 g/mol. The van der Waals surface area contributed by atoms with E-state index in [9.17, 15) is 9.50 Å². The lowest BCUT2D eigenvalue weighted by atomic mass is 9.97. The molecule has 1 unspecified atom stereocenters. The van der Waals surface area contributed by atoms with Gasteiger partial charge in [0.1, 0.15) is 11.9 Å². The lowest BCUT2D eigenvalue weighted by Crippen LogP contribution is -2.04. The number of pyridine rings is 1. The van der Waals surface area contributed by atoms with E-state index in [1.54, 1.807) is 24.3 Å². The lowest BCUT2D eigenvalue weighted by molar-refractivity contribution is 0.216. The summed E-state index contributed by atoms with van der Waals surface area (Å²) in [7, 11) is 0. The van der Waals surface area contributed by atoms with Crippen molar-refractivity contribution in [3.8, 4) is 0 Å². The summed E-state index contributed by atoms with van der Waals surface area (Å²) >= 11 is 0. The highest BCUT2D eigenvalue weighted by molar-refractivity contribution is 5.83. The van der Waals surface area contributed by atoms with Gasteiger partial charge in [-0.1, -0.05) is 36.4 Å². The number of nitrogens with zero attached hydrogens (tertiary/aromatic N) is 1. The molecule has 0 fully saturated rings. The average Bonchev–Trinajstić information content (AvgIpc) is 2.46. The van der Waals surface area contributed by atoms with Gasteiger partial charge in [-0.25, -0.2) is 4.39 Å². The van der Waals surface area contributed by atoms with E-state index in [2.05, 4.69) is 4.98 Å². The molecule has 2 aromatic carbocycles. The van der Waals surface area contributed by atoms with Gasteiger partial charge in [-0.05, 0) is 30.7 Å². The van der Waals surface area contributed by atoms with Crippen LogP contribution in [0.15, 0.2) is 54.6 Å². The van der Waals surface area contributed by atoms with Crippen LogP contribution in [0.25, 0.3) is 10.9 Å². The zero-order valence-corrected chi connectivity index (χ0v) is 11.0. The number of halogens is 1. The standard InChI is InChI=1S/C17H14FNO/c1-11-10-14(12-6-3-5-9-16(12)19-11)17(20)13-7-2-4-8-15(13)18/h2-10,17,20H,1H3. The number of aromatic nitrogens is 1. The van der Waals surface area contributed by atoms with Gasteiger partial charge < -0.3 is 5.11 Å². The summed E-state index contributed by atoms with van der Waals surface area (Å²) in [6.45, 7) is 1.87. The monoisotopic (exact) mass is 267 g/mol. The molecule has 100 valence electrons. The molecule has 3 aromatic rings. The topological polar surface area (TPSA) is 33.1 Å². The molecule has 0 bridgehead atoms. The van der Waals surface area contributed by atoms with Gasteiger partial charge in [0, 0.05) is 16.6 Å². The van der Waals surface area contributed by atoms with Gasteiger partial charge in [0.15, 0.2) is 0 Å². The second-order valence-corrected chi connectivity index (χ2v) is 4.79. The second-order valence-electron chi connectivity index (χ2n) is 4.79. The Kier molecular flexibility index (Phi) is 3.20. The molecule has 0 spiro atoms. The molecule has 0 saturated carbocycles. The van der Waals surface area contributed by atoms with Gasteiger partial charge in [-0.3, -0.25) is 4.98 Å². The zero-order chi connectivity index (χ0) is 14.1. The van der Waals surface area contributed by atoms with Gasteiger partial charge in [-0.15, -0.1) is 0 Å². The molecule has 20 heavy (non-hydrogen) atoms. The molecule has 1 heterocycles. The van der Waals surface area contributed by atoms with Gasteiger partial charge in [0.2, 0.25) is 0 Å². The third-order valence-corrected chi connectivity index (χ3v) is 3.37. The van der Waals surface area contributed by atoms with Crippen LogP contribution < -0.4 is 0 Å². The third kappa shape index (κ3) is 2.17. The Bertz CT molecular complexity index is 770. The number of hydrogen-bond acceptors (Lipinski definition) is 2. The molecule has 2 nitrogen and oxygen atoms in total. The third-order valence-electron chi connectivity index (χ3n) is 3.37. The fraction of sp³-hybridized carbons (Fsp3) is 0.118. The maximum absolute atomic E-state index is 13.9. The van der Waals surface area contributed by atoms with Crippen molar-refractivity contribution < 1.29 is 9.50 Å². The molecule has 3 rings (SSSR count). The van der Waals surface area contributed by atoms with Gasteiger partial charge in [0.05, 0.1) is 5.52 Å². The van der Waals surface area contributed by atoms with Crippen LogP contribution in [0.5, 0.6) is 0 Å². The summed E-state index contributed by atoms with van der Waals surface area (Å²) in [5.74, 6) is -0.404. The molecule has 1 aromatic heterocycles. The SMILES string of the molecule is Cc1cc(C(O)c2ccccc2F)c2ccccc2n1. The quantitative estimate of drug-likeness (QED) is 0.766. The highest BCUT2D eigenvalue weighted by Gasteiger charge is 2.17. The molecule has 3 heteroatoms. The number of aliphatic hydroxyl groups is 1. The normalized spacial score (nSPS) is 12.6. The molecule has 1 atom stereocenters. The number of aryl methyl sites for hydroxylation is 1. The molecule has 0 aliphatic heterocycles. The number of benzene rings is 2. The second kappa shape index (κ2) is 5.02. The van der Waals surface area contributed by atoms with Crippen LogP contribution in [0.2, 0.25) is 0 Å². The van der Waals surface area contributed by atoms with E-state index in [4.69, 9.17) is 0 Å². The van der Waals surface area contributed by atoms with Crippen LogP contribution in [-0.4, -0.2) is 10.1 Å².